The van der Waals surface area contributed by atoms with Gasteiger partial charge in [-0.2, -0.15) is 0 Å². The number of nitrogens with two attached hydrogens (primary N) is 1. The molecule has 0 fully saturated rings. The van der Waals surface area contributed by atoms with Crippen LogP contribution in [0.15, 0.2) is 22.7 Å². The summed E-state index contributed by atoms with van der Waals surface area (Å²) < 4.78 is 6.36. The van der Waals surface area contributed by atoms with E-state index in [1.807, 2.05) is 18.2 Å². The van der Waals surface area contributed by atoms with Crippen LogP contribution >= 0.6 is 15.9 Å². The van der Waals surface area contributed by atoms with E-state index < -0.39 is 0 Å². The molecule has 1 aromatic rings. The number of nitrogens with one attached hydrogen (secondary N) is 1. The van der Waals surface area contributed by atoms with E-state index in [1.54, 1.807) is 0 Å². The van der Waals surface area contributed by atoms with Gasteiger partial charge in [0.25, 0.3) is 5.91 Å². The fourth-order valence-corrected chi connectivity index (χ4v) is 1.81. The average molecular weight is 315 g/mol. The molecular weight excluding hydrogens is 296 g/mol. The van der Waals surface area contributed by atoms with Gasteiger partial charge in [0, 0.05) is 17.6 Å². The molecule has 1 amide bonds. The van der Waals surface area contributed by atoms with E-state index >= 15 is 0 Å². The van der Waals surface area contributed by atoms with Crippen molar-refractivity contribution in [1.82, 2.24) is 5.32 Å². The third-order valence-electron chi connectivity index (χ3n) is 2.46. The predicted molar refractivity (Wildman–Crippen MR) is 75.4 cm³/mol. The number of carbonyl (C=O) groups is 1. The van der Waals surface area contributed by atoms with Crippen molar-refractivity contribution in [2.45, 2.75) is 26.3 Å². The molecule has 1 rings (SSSR count). The van der Waals surface area contributed by atoms with Gasteiger partial charge in [-0.3, -0.25) is 4.79 Å². The fourth-order valence-electron chi connectivity index (χ4n) is 1.40. The molecule has 18 heavy (non-hydrogen) atoms. The van der Waals surface area contributed by atoms with Gasteiger partial charge in [0.2, 0.25) is 0 Å². The molecule has 0 saturated heterocycles. The van der Waals surface area contributed by atoms with Crippen LogP contribution in [0.2, 0.25) is 0 Å². The van der Waals surface area contributed by atoms with Crippen LogP contribution < -0.4 is 15.8 Å². The molecule has 1 aromatic carbocycles. The Hall–Kier alpha value is -1.07. The summed E-state index contributed by atoms with van der Waals surface area (Å²) >= 11 is 3.40. The predicted octanol–water partition coefficient (Wildman–Crippen LogP) is 2.20. The number of unbranched alkanes of at least 4 members (excludes halogenated alkanes) is 1. The number of halogens is 1. The van der Waals surface area contributed by atoms with Gasteiger partial charge in [-0.05, 0) is 30.2 Å². The van der Waals surface area contributed by atoms with Crippen LogP contribution in [0.5, 0.6) is 5.75 Å². The molecule has 0 aliphatic carbocycles. The number of rotatable bonds is 7. The molecular formula is C13H19BrN2O2. The Labute approximate surface area is 116 Å². The number of carbonyl (C=O) groups excluding carboxylic acids is 1. The lowest BCUT2D eigenvalue weighted by Gasteiger charge is -2.09. The zero-order valence-corrected chi connectivity index (χ0v) is 12.1. The lowest BCUT2D eigenvalue weighted by Crippen LogP contribution is -2.29. The monoisotopic (exact) mass is 314 g/mol. The summed E-state index contributed by atoms with van der Waals surface area (Å²) in [5.74, 6) is 0.560. The molecule has 100 valence electrons. The Kier molecular flexibility index (Phi) is 6.75. The van der Waals surface area contributed by atoms with Crippen molar-refractivity contribution in [1.29, 1.82) is 0 Å². The van der Waals surface area contributed by atoms with Crippen molar-refractivity contribution in [3.63, 3.8) is 0 Å². The summed E-state index contributed by atoms with van der Waals surface area (Å²) in [5.41, 5.74) is 6.55. The first-order chi connectivity index (χ1) is 8.67. The Morgan fingerprint density at radius 1 is 1.50 bits per heavy atom. The van der Waals surface area contributed by atoms with Gasteiger partial charge in [0.15, 0.2) is 6.61 Å². The molecule has 0 radical (unpaired) electrons. The summed E-state index contributed by atoms with van der Waals surface area (Å²) in [6.45, 7) is 3.25. The number of benzene rings is 1. The Balaban J connectivity index is 2.41. The highest BCUT2D eigenvalue weighted by atomic mass is 79.9. The second-order valence-corrected chi connectivity index (χ2v) is 4.80. The van der Waals surface area contributed by atoms with Crippen molar-refractivity contribution >= 4 is 21.8 Å². The van der Waals surface area contributed by atoms with Gasteiger partial charge in [0.1, 0.15) is 5.75 Å². The minimum Gasteiger partial charge on any atom is -0.484 e. The Bertz CT molecular complexity index is 397. The third-order valence-corrected chi connectivity index (χ3v) is 3.23. The maximum absolute atomic E-state index is 11.4. The fraction of sp³-hybridized carbons (Fsp3) is 0.462. The first-order valence-electron chi connectivity index (χ1n) is 6.05. The van der Waals surface area contributed by atoms with Gasteiger partial charge in [-0.25, -0.2) is 0 Å². The number of hydrogen-bond donors (Lipinski definition) is 2. The van der Waals surface area contributed by atoms with Crippen LogP contribution in [0.3, 0.4) is 0 Å². The molecule has 0 heterocycles. The summed E-state index contributed by atoms with van der Waals surface area (Å²) in [6, 6.07) is 5.51. The van der Waals surface area contributed by atoms with Crippen LogP contribution in [-0.4, -0.2) is 19.1 Å². The topological polar surface area (TPSA) is 64.3 Å². The first-order valence-corrected chi connectivity index (χ1v) is 6.84. The van der Waals surface area contributed by atoms with E-state index in [9.17, 15) is 4.79 Å². The first kappa shape index (κ1) is 15.0. The molecule has 0 unspecified atom stereocenters. The molecule has 0 saturated carbocycles. The smallest absolute Gasteiger partial charge is 0.257 e. The molecule has 4 nitrogen and oxygen atoms in total. The van der Waals surface area contributed by atoms with Crippen LogP contribution in [0.4, 0.5) is 0 Å². The quantitative estimate of drug-likeness (QED) is 0.758. The number of hydrogen-bond acceptors (Lipinski definition) is 3. The Morgan fingerprint density at radius 3 is 2.94 bits per heavy atom. The van der Waals surface area contributed by atoms with Gasteiger partial charge < -0.3 is 15.8 Å². The van der Waals surface area contributed by atoms with Crippen LogP contribution in [0.25, 0.3) is 0 Å². The molecule has 0 aliphatic heterocycles. The van der Waals surface area contributed by atoms with Gasteiger partial charge in [0.05, 0.1) is 0 Å². The number of ether oxygens (including phenoxy) is 1. The molecule has 0 aromatic heterocycles. The van der Waals surface area contributed by atoms with Crippen molar-refractivity contribution in [3.05, 3.63) is 28.2 Å². The van der Waals surface area contributed by atoms with Crippen molar-refractivity contribution in [2.75, 3.05) is 13.2 Å². The number of amides is 1. The summed E-state index contributed by atoms with van der Waals surface area (Å²) in [6.07, 6.45) is 2.05. The average Bonchev–Trinajstić information content (AvgIpc) is 2.38. The maximum Gasteiger partial charge on any atom is 0.257 e. The Morgan fingerprint density at radius 2 is 2.28 bits per heavy atom. The highest BCUT2D eigenvalue weighted by Gasteiger charge is 2.04. The maximum atomic E-state index is 11.4. The molecule has 3 N–H and O–H groups in total. The van der Waals surface area contributed by atoms with E-state index in [-0.39, 0.29) is 12.5 Å². The van der Waals surface area contributed by atoms with Crippen molar-refractivity contribution < 1.29 is 9.53 Å². The van der Waals surface area contributed by atoms with E-state index in [4.69, 9.17) is 10.5 Å². The summed E-state index contributed by atoms with van der Waals surface area (Å²) in [7, 11) is 0. The summed E-state index contributed by atoms with van der Waals surface area (Å²) in [5, 5.41) is 2.80. The molecule has 0 atom stereocenters. The van der Waals surface area contributed by atoms with E-state index in [1.165, 1.54) is 0 Å². The zero-order valence-electron chi connectivity index (χ0n) is 10.5. The highest BCUT2D eigenvalue weighted by Crippen LogP contribution is 2.22. The van der Waals surface area contributed by atoms with Crippen molar-refractivity contribution in [3.8, 4) is 5.75 Å². The lowest BCUT2D eigenvalue weighted by molar-refractivity contribution is -0.123. The van der Waals surface area contributed by atoms with Crippen molar-refractivity contribution in [2.24, 2.45) is 5.73 Å². The zero-order chi connectivity index (χ0) is 13.4. The lowest BCUT2D eigenvalue weighted by atomic mass is 10.2. The minimum atomic E-state index is -0.0966. The van der Waals surface area contributed by atoms with Gasteiger partial charge >= 0.3 is 0 Å². The van der Waals surface area contributed by atoms with Gasteiger partial charge in [-0.1, -0.05) is 29.3 Å². The van der Waals surface area contributed by atoms with Crippen LogP contribution in [0.1, 0.15) is 25.3 Å². The molecule has 0 aliphatic rings. The SMILES string of the molecule is CCCCNC(=O)COc1ccc(Br)c(CN)c1. The molecule has 0 bridgehead atoms. The van der Waals surface area contributed by atoms with Gasteiger partial charge in [-0.15, -0.1) is 0 Å². The molecule has 0 spiro atoms. The van der Waals surface area contributed by atoms with Crippen LogP contribution in [-0.2, 0) is 11.3 Å². The minimum absolute atomic E-state index is 0.0371. The van der Waals surface area contributed by atoms with E-state index in [0.717, 1.165) is 22.9 Å². The third kappa shape index (κ3) is 5.06. The molecule has 5 heteroatoms. The second kappa shape index (κ2) is 8.11. The highest BCUT2D eigenvalue weighted by molar-refractivity contribution is 9.10. The van der Waals surface area contributed by atoms with E-state index in [2.05, 4.69) is 28.2 Å². The largest absolute Gasteiger partial charge is 0.484 e. The van der Waals surface area contributed by atoms with E-state index in [0.29, 0.717) is 18.8 Å². The summed E-state index contributed by atoms with van der Waals surface area (Å²) in [4.78, 5) is 11.4. The normalized spacial score (nSPS) is 10.2. The second-order valence-electron chi connectivity index (χ2n) is 3.95. The van der Waals surface area contributed by atoms with Crippen LogP contribution in [0, 0.1) is 0 Å². The standard InChI is InChI=1S/C13H19BrN2O2/c1-2-3-6-16-13(17)9-18-11-4-5-12(14)10(7-11)8-15/h4-5,7H,2-3,6,8-9,15H2,1H3,(H,16,17).